The molecule has 0 aliphatic carbocycles. The topological polar surface area (TPSA) is 143 Å². The SMILES string of the molecule is CC(C)(O)C(F)CNC(=O)c1cnc(Nc2ncc(C#N)cc2F)cc1Nc1cccc(CO)c1. The van der Waals surface area contributed by atoms with E-state index in [1.807, 2.05) is 0 Å². The Bertz CT molecular complexity index is 1260. The zero-order chi connectivity index (χ0) is 25.6. The number of nitriles is 1. The number of benzene rings is 1. The second-order valence-corrected chi connectivity index (χ2v) is 8.22. The van der Waals surface area contributed by atoms with Gasteiger partial charge in [-0.05, 0) is 37.6 Å². The van der Waals surface area contributed by atoms with Gasteiger partial charge in [-0.1, -0.05) is 12.1 Å². The molecule has 1 unspecified atom stereocenters. The number of rotatable bonds is 9. The fourth-order valence-electron chi connectivity index (χ4n) is 2.95. The van der Waals surface area contributed by atoms with Gasteiger partial charge in [-0.15, -0.1) is 0 Å². The number of alkyl halides is 1. The lowest BCUT2D eigenvalue weighted by Gasteiger charge is -2.22. The molecule has 35 heavy (non-hydrogen) atoms. The number of aliphatic hydroxyl groups excluding tert-OH is 1. The summed E-state index contributed by atoms with van der Waals surface area (Å²) in [4.78, 5) is 20.8. The molecule has 11 heteroatoms. The highest BCUT2D eigenvalue weighted by atomic mass is 19.1. The lowest BCUT2D eigenvalue weighted by Crippen LogP contribution is -2.42. The van der Waals surface area contributed by atoms with E-state index in [9.17, 15) is 23.8 Å². The fourth-order valence-corrected chi connectivity index (χ4v) is 2.95. The van der Waals surface area contributed by atoms with Crippen LogP contribution in [0.15, 0.2) is 48.8 Å². The third kappa shape index (κ3) is 6.69. The normalized spacial score (nSPS) is 11.9. The molecule has 0 aliphatic heterocycles. The molecule has 1 amide bonds. The summed E-state index contributed by atoms with van der Waals surface area (Å²) in [5, 5.41) is 36.2. The third-order valence-electron chi connectivity index (χ3n) is 4.96. The Morgan fingerprint density at radius 2 is 1.97 bits per heavy atom. The van der Waals surface area contributed by atoms with Crippen LogP contribution in [0, 0.1) is 17.1 Å². The van der Waals surface area contributed by atoms with Crippen LogP contribution in [-0.2, 0) is 6.61 Å². The van der Waals surface area contributed by atoms with E-state index in [1.165, 1.54) is 32.3 Å². The van der Waals surface area contributed by atoms with Gasteiger partial charge < -0.3 is 26.2 Å². The Labute approximate surface area is 200 Å². The maximum absolute atomic E-state index is 14.3. The molecule has 1 atom stereocenters. The van der Waals surface area contributed by atoms with Crippen molar-refractivity contribution in [2.45, 2.75) is 32.2 Å². The van der Waals surface area contributed by atoms with Crippen molar-refractivity contribution in [3.8, 4) is 6.07 Å². The van der Waals surface area contributed by atoms with E-state index in [0.29, 0.717) is 11.3 Å². The van der Waals surface area contributed by atoms with Crippen molar-refractivity contribution >= 4 is 28.9 Å². The number of nitrogens with zero attached hydrogens (tertiary/aromatic N) is 3. The van der Waals surface area contributed by atoms with Crippen LogP contribution < -0.4 is 16.0 Å². The average molecular weight is 482 g/mol. The highest BCUT2D eigenvalue weighted by molar-refractivity contribution is 6.00. The van der Waals surface area contributed by atoms with Crippen molar-refractivity contribution in [2.24, 2.45) is 0 Å². The van der Waals surface area contributed by atoms with Crippen LogP contribution >= 0.6 is 0 Å². The van der Waals surface area contributed by atoms with Gasteiger partial charge in [-0.25, -0.2) is 18.7 Å². The van der Waals surface area contributed by atoms with Crippen LogP contribution in [0.25, 0.3) is 0 Å². The van der Waals surface area contributed by atoms with Gasteiger partial charge in [0.25, 0.3) is 5.91 Å². The molecule has 182 valence electrons. The molecule has 0 aliphatic rings. The molecule has 2 aromatic heterocycles. The standard InChI is InChI=1S/C24H24F2N6O3/c1-24(2,35)20(26)12-30-23(34)17-11-28-21(32-22-18(25)7-15(9-27)10-29-22)8-19(17)31-16-5-3-4-14(6-16)13-33/h3-8,10-11,20,33,35H,12-13H2,1-2H3,(H,30,34)(H2,28,29,31,32). The van der Waals surface area contributed by atoms with Gasteiger partial charge in [0.15, 0.2) is 11.6 Å². The number of hydrogen-bond acceptors (Lipinski definition) is 8. The smallest absolute Gasteiger partial charge is 0.255 e. The summed E-state index contributed by atoms with van der Waals surface area (Å²) >= 11 is 0. The van der Waals surface area contributed by atoms with Crippen LogP contribution in [-0.4, -0.2) is 44.4 Å². The summed E-state index contributed by atoms with van der Waals surface area (Å²) in [7, 11) is 0. The third-order valence-corrected chi connectivity index (χ3v) is 4.96. The minimum absolute atomic E-state index is 0.0522. The number of carbonyl (C=O) groups excluding carboxylic acids is 1. The fraction of sp³-hybridized carbons (Fsp3) is 0.250. The predicted octanol–water partition coefficient (Wildman–Crippen LogP) is 3.31. The van der Waals surface area contributed by atoms with Crippen LogP contribution in [0.5, 0.6) is 0 Å². The van der Waals surface area contributed by atoms with Crippen LogP contribution in [0.3, 0.4) is 0 Å². The van der Waals surface area contributed by atoms with Crippen LogP contribution in [0.4, 0.5) is 31.8 Å². The number of hydrogen-bond donors (Lipinski definition) is 5. The Kier molecular flexibility index (Phi) is 7.91. The number of amides is 1. The van der Waals surface area contributed by atoms with Crippen molar-refractivity contribution in [2.75, 3.05) is 17.2 Å². The molecule has 0 fully saturated rings. The van der Waals surface area contributed by atoms with Crippen molar-refractivity contribution in [3.63, 3.8) is 0 Å². The quantitative estimate of drug-likeness (QED) is 0.313. The van der Waals surface area contributed by atoms with Gasteiger partial charge >= 0.3 is 0 Å². The van der Waals surface area contributed by atoms with E-state index in [0.717, 1.165) is 6.07 Å². The van der Waals surface area contributed by atoms with E-state index in [1.54, 1.807) is 30.3 Å². The van der Waals surface area contributed by atoms with Crippen molar-refractivity contribution < 1.29 is 23.8 Å². The highest BCUT2D eigenvalue weighted by Gasteiger charge is 2.27. The first-order valence-electron chi connectivity index (χ1n) is 10.5. The Morgan fingerprint density at radius 1 is 1.20 bits per heavy atom. The molecule has 0 saturated carbocycles. The molecule has 0 radical (unpaired) electrons. The summed E-state index contributed by atoms with van der Waals surface area (Å²) in [6, 6.07) is 11.1. The molecule has 0 bridgehead atoms. The maximum Gasteiger partial charge on any atom is 0.255 e. The van der Waals surface area contributed by atoms with Gasteiger partial charge in [0.05, 0.1) is 35.6 Å². The number of aliphatic hydroxyl groups is 2. The summed E-state index contributed by atoms with van der Waals surface area (Å²) in [5.41, 5.74) is -0.100. The van der Waals surface area contributed by atoms with Crippen molar-refractivity contribution in [1.29, 1.82) is 5.26 Å². The second kappa shape index (κ2) is 10.9. The summed E-state index contributed by atoms with van der Waals surface area (Å²) in [6.07, 6.45) is 0.709. The summed E-state index contributed by atoms with van der Waals surface area (Å²) < 4.78 is 28.4. The first kappa shape index (κ1) is 25.5. The molecular weight excluding hydrogens is 458 g/mol. The molecule has 3 aromatic rings. The van der Waals surface area contributed by atoms with E-state index in [4.69, 9.17) is 5.26 Å². The van der Waals surface area contributed by atoms with E-state index >= 15 is 0 Å². The van der Waals surface area contributed by atoms with Gasteiger partial charge in [0, 0.05) is 24.1 Å². The minimum Gasteiger partial charge on any atom is -0.392 e. The monoisotopic (exact) mass is 482 g/mol. The van der Waals surface area contributed by atoms with Gasteiger partial charge in [-0.3, -0.25) is 4.79 Å². The lowest BCUT2D eigenvalue weighted by atomic mass is 10.0. The van der Waals surface area contributed by atoms with Gasteiger partial charge in [0.1, 0.15) is 18.1 Å². The first-order chi connectivity index (χ1) is 16.6. The number of halogens is 2. The molecule has 9 nitrogen and oxygen atoms in total. The molecule has 3 rings (SSSR count). The van der Waals surface area contributed by atoms with E-state index in [2.05, 4.69) is 25.9 Å². The maximum atomic E-state index is 14.3. The van der Waals surface area contributed by atoms with Crippen LogP contribution in [0.2, 0.25) is 0 Å². The predicted molar refractivity (Wildman–Crippen MR) is 126 cm³/mol. The Hall–Kier alpha value is -4.14. The van der Waals surface area contributed by atoms with E-state index in [-0.39, 0.29) is 35.1 Å². The molecule has 0 saturated heterocycles. The van der Waals surface area contributed by atoms with Crippen molar-refractivity contribution in [1.82, 2.24) is 15.3 Å². The number of aromatic nitrogens is 2. The molecule has 1 aromatic carbocycles. The average Bonchev–Trinajstić information content (AvgIpc) is 2.83. The Balaban J connectivity index is 1.91. The molecule has 5 N–H and O–H groups in total. The van der Waals surface area contributed by atoms with Gasteiger partial charge in [-0.2, -0.15) is 5.26 Å². The number of pyridine rings is 2. The van der Waals surface area contributed by atoms with Crippen LogP contribution in [0.1, 0.15) is 35.3 Å². The first-order valence-corrected chi connectivity index (χ1v) is 10.5. The highest BCUT2D eigenvalue weighted by Crippen LogP contribution is 2.26. The summed E-state index contributed by atoms with van der Waals surface area (Å²) in [5.74, 6) is -1.46. The van der Waals surface area contributed by atoms with Gasteiger partial charge in [0.2, 0.25) is 0 Å². The zero-order valence-corrected chi connectivity index (χ0v) is 19.0. The molecule has 0 spiro atoms. The Morgan fingerprint density at radius 3 is 2.63 bits per heavy atom. The summed E-state index contributed by atoms with van der Waals surface area (Å²) in [6.45, 7) is 1.97. The molecule has 2 heterocycles. The van der Waals surface area contributed by atoms with E-state index < -0.39 is 30.0 Å². The minimum atomic E-state index is -1.71. The zero-order valence-electron chi connectivity index (χ0n) is 19.0. The lowest BCUT2D eigenvalue weighted by molar-refractivity contribution is -0.00177. The number of carbonyl (C=O) groups is 1. The number of nitrogens with one attached hydrogen (secondary N) is 3. The molecular formula is C24H24F2N6O3. The van der Waals surface area contributed by atoms with Crippen molar-refractivity contribution in [3.05, 3.63) is 71.3 Å². The largest absolute Gasteiger partial charge is 0.392 e. The second-order valence-electron chi connectivity index (χ2n) is 8.22. The number of anilines is 4.